The van der Waals surface area contributed by atoms with Crippen LogP contribution >= 0.6 is 0 Å². The monoisotopic (exact) mass is 915 g/mol. The number of nitrogens with zero attached hydrogens (tertiary/aromatic N) is 2. The van der Waals surface area contributed by atoms with Crippen LogP contribution in [0.5, 0.6) is 23.1 Å². The van der Waals surface area contributed by atoms with Gasteiger partial charge in [0.2, 0.25) is 21.9 Å². The molecular weight excluding hydrogens is 859 g/mol. The smallest absolute Gasteiger partial charge is 0.323 e. The fraction of sp³-hybridized carbons (Fsp3) is 0.370. The number of anilines is 5. The van der Waals surface area contributed by atoms with Crippen molar-refractivity contribution in [2.45, 2.75) is 59.0 Å². The Labute approximate surface area is 379 Å². The number of aromatic nitrogens is 2. The molecular formula is C46H57N7O11S. The molecule has 3 amide bonds. The van der Waals surface area contributed by atoms with Crippen molar-refractivity contribution in [3.63, 3.8) is 0 Å². The highest BCUT2D eigenvalue weighted by atomic mass is 32.2. The topological polar surface area (TPSA) is 227 Å². The number of sulfonamides is 1. The van der Waals surface area contributed by atoms with Gasteiger partial charge in [-0.2, -0.15) is 4.98 Å². The van der Waals surface area contributed by atoms with E-state index in [-0.39, 0.29) is 72.4 Å². The number of carbonyl (C=O) groups excluding carboxylic acids is 3. The normalized spacial score (nSPS) is 11.6. The standard InChI is InChI=1S/C46H57N7O11S/c1-45(2,3)30-26-36(41(60-8)37(27-30)53-65(9,57)58)51-44(56)50-35-14-15-38(34-13-11-10-12-33(34)35)63-39-16-18-48-43(52-39)49-31-24-29(25-32(28-31)59-7)42(55)47-19-21-62-23-22-61-20-17-40(54)64-46(4,5)6/h10-16,18,24-28,53H,17,19-23H2,1-9H3,(H,47,55)(H,48,49,52)(H2,50,51,56). The lowest BCUT2D eigenvalue weighted by atomic mass is 9.86. The number of amides is 3. The van der Waals surface area contributed by atoms with Crippen LogP contribution in [-0.2, 0) is 34.4 Å². The average molecular weight is 916 g/mol. The minimum atomic E-state index is -3.66. The predicted octanol–water partition coefficient (Wildman–Crippen LogP) is 7.99. The van der Waals surface area contributed by atoms with Crippen LogP contribution in [-0.4, -0.2) is 95.3 Å². The van der Waals surface area contributed by atoms with E-state index in [1.54, 1.807) is 48.5 Å². The van der Waals surface area contributed by atoms with E-state index in [1.165, 1.54) is 20.4 Å². The van der Waals surface area contributed by atoms with Crippen LogP contribution in [0.2, 0.25) is 0 Å². The van der Waals surface area contributed by atoms with Crippen LogP contribution in [0.4, 0.5) is 33.5 Å². The Kier molecular flexibility index (Phi) is 16.5. The highest BCUT2D eigenvalue weighted by Gasteiger charge is 2.23. The van der Waals surface area contributed by atoms with E-state index in [0.717, 1.165) is 11.8 Å². The zero-order valence-corrected chi connectivity index (χ0v) is 38.9. The summed E-state index contributed by atoms with van der Waals surface area (Å²) < 4.78 is 60.4. The largest absolute Gasteiger partial charge is 0.497 e. The SMILES string of the molecule is COc1cc(Nc2nccc(Oc3ccc(NC(=O)Nc4cc(C(C)(C)C)cc(NS(C)(=O)=O)c4OC)c4ccccc34)n2)cc(C(=O)NCCOCCOCCC(=O)OC(C)(C)C)c1. The number of fused-ring (bicyclic) bond motifs is 1. The first-order valence-electron chi connectivity index (χ1n) is 20.6. The summed E-state index contributed by atoms with van der Waals surface area (Å²) in [5.41, 5.74) is 1.57. The van der Waals surface area contributed by atoms with Gasteiger partial charge in [0.1, 0.15) is 17.1 Å². The summed E-state index contributed by atoms with van der Waals surface area (Å²) in [5.74, 6) is 0.737. The first kappa shape index (κ1) is 49.3. The number of hydrogen-bond acceptors (Lipinski definition) is 14. The number of methoxy groups -OCH3 is 2. The second kappa shape index (κ2) is 21.8. The van der Waals surface area contributed by atoms with Gasteiger partial charge in [-0.05, 0) is 68.1 Å². The molecule has 0 aliphatic rings. The first-order chi connectivity index (χ1) is 30.7. The number of ether oxygens (including phenoxy) is 6. The maximum atomic E-state index is 13.5. The third kappa shape index (κ3) is 15.2. The molecule has 0 saturated heterocycles. The molecule has 0 saturated carbocycles. The zero-order valence-electron chi connectivity index (χ0n) is 38.0. The van der Waals surface area contributed by atoms with Crippen LogP contribution < -0.4 is 40.2 Å². The van der Waals surface area contributed by atoms with E-state index in [1.807, 2.05) is 65.8 Å². The van der Waals surface area contributed by atoms with Crippen LogP contribution in [0.1, 0.15) is 63.9 Å². The van der Waals surface area contributed by atoms with Gasteiger partial charge in [0.15, 0.2) is 5.75 Å². The summed E-state index contributed by atoms with van der Waals surface area (Å²) in [4.78, 5) is 47.3. The summed E-state index contributed by atoms with van der Waals surface area (Å²) in [6, 6.07) is 20.1. The minimum absolute atomic E-state index is 0.148. The van der Waals surface area contributed by atoms with Gasteiger partial charge < -0.3 is 49.7 Å². The van der Waals surface area contributed by atoms with E-state index in [9.17, 15) is 22.8 Å². The van der Waals surface area contributed by atoms with Crippen LogP contribution in [0.25, 0.3) is 10.8 Å². The molecule has 0 atom stereocenters. The molecule has 19 heteroatoms. The Hall–Kier alpha value is -6.70. The quantitative estimate of drug-likeness (QED) is 0.0369. The first-order valence-corrected chi connectivity index (χ1v) is 22.5. The van der Waals surface area contributed by atoms with Gasteiger partial charge in [0, 0.05) is 46.9 Å². The van der Waals surface area contributed by atoms with Crippen LogP contribution in [0, 0.1) is 0 Å². The Morgan fingerprint density at radius 1 is 0.754 bits per heavy atom. The summed E-state index contributed by atoms with van der Waals surface area (Å²) in [6.07, 6.45) is 2.71. The van der Waals surface area contributed by atoms with E-state index < -0.39 is 21.7 Å². The van der Waals surface area contributed by atoms with E-state index in [0.29, 0.717) is 52.4 Å². The molecule has 0 spiro atoms. The molecule has 0 fully saturated rings. The zero-order chi connectivity index (χ0) is 47.4. The van der Waals surface area contributed by atoms with Gasteiger partial charge in [-0.15, -0.1) is 0 Å². The highest BCUT2D eigenvalue weighted by Crippen LogP contribution is 2.40. The number of carbonyl (C=O) groups is 3. The van der Waals surface area contributed by atoms with Gasteiger partial charge in [-0.3, -0.25) is 14.3 Å². The van der Waals surface area contributed by atoms with Crippen molar-refractivity contribution < 1.29 is 51.2 Å². The minimum Gasteiger partial charge on any atom is -0.497 e. The Morgan fingerprint density at radius 2 is 1.45 bits per heavy atom. The lowest BCUT2D eigenvalue weighted by Crippen LogP contribution is -2.27. The van der Waals surface area contributed by atoms with Crippen molar-refractivity contribution in [3.05, 3.63) is 90.1 Å². The Morgan fingerprint density at radius 3 is 2.12 bits per heavy atom. The molecule has 5 N–H and O–H groups in total. The van der Waals surface area contributed by atoms with Crippen molar-refractivity contribution in [2.75, 3.05) is 74.1 Å². The third-order valence-corrected chi connectivity index (χ3v) is 9.71. The number of urea groups is 1. The van der Waals surface area contributed by atoms with Crippen molar-refractivity contribution in [1.82, 2.24) is 15.3 Å². The molecule has 0 aliphatic carbocycles. The molecule has 5 rings (SSSR count). The van der Waals surface area contributed by atoms with Crippen LogP contribution in [0.3, 0.4) is 0 Å². The number of hydrogen-bond donors (Lipinski definition) is 5. The van der Waals surface area contributed by atoms with E-state index >= 15 is 0 Å². The molecule has 348 valence electrons. The summed E-state index contributed by atoms with van der Waals surface area (Å²) in [6.45, 7) is 12.6. The van der Waals surface area contributed by atoms with Crippen molar-refractivity contribution >= 4 is 67.4 Å². The van der Waals surface area contributed by atoms with Crippen molar-refractivity contribution in [1.29, 1.82) is 0 Å². The number of benzene rings is 4. The summed E-state index contributed by atoms with van der Waals surface area (Å²) in [7, 11) is -0.781. The molecule has 0 bridgehead atoms. The molecule has 65 heavy (non-hydrogen) atoms. The van der Waals surface area contributed by atoms with Gasteiger partial charge in [0.25, 0.3) is 5.91 Å². The maximum Gasteiger partial charge on any atom is 0.323 e. The Bertz CT molecular complexity index is 2590. The van der Waals surface area contributed by atoms with Crippen molar-refractivity contribution in [2.24, 2.45) is 0 Å². The maximum absolute atomic E-state index is 13.5. The molecule has 0 unspecified atom stereocenters. The molecule has 5 aromatic rings. The van der Waals surface area contributed by atoms with Crippen molar-refractivity contribution in [3.8, 4) is 23.1 Å². The Balaban J connectivity index is 1.21. The van der Waals surface area contributed by atoms with Gasteiger partial charge in [0.05, 0.1) is 70.4 Å². The summed E-state index contributed by atoms with van der Waals surface area (Å²) >= 11 is 0. The highest BCUT2D eigenvalue weighted by molar-refractivity contribution is 7.92. The third-order valence-electron chi connectivity index (χ3n) is 9.11. The number of esters is 1. The second-order valence-electron chi connectivity index (χ2n) is 16.7. The fourth-order valence-corrected chi connectivity index (χ4v) is 6.78. The second-order valence-corrected chi connectivity index (χ2v) is 18.4. The molecule has 0 radical (unpaired) electrons. The van der Waals surface area contributed by atoms with Gasteiger partial charge >= 0.3 is 12.0 Å². The lowest BCUT2D eigenvalue weighted by Gasteiger charge is -2.24. The van der Waals surface area contributed by atoms with Gasteiger partial charge in [-0.1, -0.05) is 45.0 Å². The predicted molar refractivity (Wildman–Crippen MR) is 250 cm³/mol. The average Bonchev–Trinajstić information content (AvgIpc) is 3.22. The fourth-order valence-electron chi connectivity index (χ4n) is 6.23. The molecule has 4 aromatic carbocycles. The van der Waals surface area contributed by atoms with E-state index in [2.05, 4.69) is 36.0 Å². The van der Waals surface area contributed by atoms with E-state index in [4.69, 9.17) is 28.4 Å². The molecule has 1 aromatic heterocycles. The molecule has 0 aliphatic heterocycles. The van der Waals surface area contributed by atoms with Gasteiger partial charge in [-0.25, -0.2) is 18.2 Å². The molecule has 1 heterocycles. The van der Waals surface area contributed by atoms with Crippen LogP contribution in [0.15, 0.2) is 79.0 Å². The molecule has 18 nitrogen and oxygen atoms in total. The number of nitrogens with one attached hydrogen (secondary N) is 5. The lowest BCUT2D eigenvalue weighted by molar-refractivity contribution is -0.156. The summed E-state index contributed by atoms with van der Waals surface area (Å²) in [5, 5.41) is 13.0. The number of rotatable bonds is 20.